The van der Waals surface area contributed by atoms with Gasteiger partial charge in [0.15, 0.2) is 0 Å². The Kier molecular flexibility index (Phi) is 5.55. The smallest absolute Gasteiger partial charge is 0.317 e. The number of nitrogens with zero attached hydrogens (tertiary/aromatic N) is 4. The summed E-state index contributed by atoms with van der Waals surface area (Å²) in [6.07, 6.45) is 2.56. The van der Waals surface area contributed by atoms with E-state index in [-0.39, 0.29) is 23.0 Å². The Bertz CT molecular complexity index is 1130. The molecular weight excluding hydrogens is 414 g/mol. The van der Waals surface area contributed by atoms with E-state index in [4.69, 9.17) is 4.98 Å². The normalized spacial score (nSPS) is 22.2. The van der Waals surface area contributed by atoms with Crippen LogP contribution in [0, 0.1) is 13.8 Å². The van der Waals surface area contributed by atoms with Crippen molar-refractivity contribution < 1.29 is 4.79 Å². The zero-order chi connectivity index (χ0) is 23.3. The van der Waals surface area contributed by atoms with Gasteiger partial charge >= 0.3 is 6.03 Å². The second-order valence-corrected chi connectivity index (χ2v) is 10.6. The van der Waals surface area contributed by atoms with Gasteiger partial charge in [-0.15, -0.1) is 0 Å². The van der Waals surface area contributed by atoms with Crippen LogP contribution in [0.5, 0.6) is 0 Å². The number of nitrogens with one attached hydrogen (secondary N) is 1. The molecule has 33 heavy (non-hydrogen) atoms. The third-order valence-electron chi connectivity index (χ3n) is 7.42. The van der Waals surface area contributed by atoms with Gasteiger partial charge in [0, 0.05) is 57.1 Å². The fourth-order valence-electron chi connectivity index (χ4n) is 5.94. The summed E-state index contributed by atoms with van der Waals surface area (Å²) in [7, 11) is 0. The maximum atomic E-state index is 13.5. The molecule has 1 spiro atoms. The summed E-state index contributed by atoms with van der Waals surface area (Å²) >= 11 is 0. The summed E-state index contributed by atoms with van der Waals surface area (Å²) in [5.41, 5.74) is 5.63. The van der Waals surface area contributed by atoms with E-state index in [1.54, 1.807) is 0 Å². The number of urea groups is 1. The lowest BCUT2D eigenvalue weighted by Crippen LogP contribution is -2.43. The summed E-state index contributed by atoms with van der Waals surface area (Å²) < 4.78 is 1.91. The second-order valence-electron chi connectivity index (χ2n) is 10.6. The molecule has 0 radical (unpaired) electrons. The van der Waals surface area contributed by atoms with Crippen LogP contribution in [0.2, 0.25) is 0 Å². The predicted molar refractivity (Wildman–Crippen MR) is 128 cm³/mol. The number of rotatable bonds is 3. The standard InChI is InChI=1S/C26H35N5O2/c1-17(2)27-25(33)30-9-6-26(16-30)7-10-31-23(32)21-15-29(8-5-22(21)28-24(26)31)14-20-12-18(3)11-19(4)13-20/h11-13,17H,5-10,14-16H2,1-4H3,(H,27,33)/t26-/m0/s1. The van der Waals surface area contributed by atoms with Gasteiger partial charge in [-0.25, -0.2) is 9.78 Å². The van der Waals surface area contributed by atoms with E-state index in [0.29, 0.717) is 19.6 Å². The van der Waals surface area contributed by atoms with E-state index in [1.165, 1.54) is 16.7 Å². The molecule has 1 N–H and O–H groups in total. The molecular formula is C26H35N5O2. The van der Waals surface area contributed by atoms with Crippen molar-refractivity contribution in [2.75, 3.05) is 19.6 Å². The fourth-order valence-corrected chi connectivity index (χ4v) is 5.94. The lowest BCUT2D eigenvalue weighted by Gasteiger charge is -2.30. The third kappa shape index (κ3) is 4.07. The highest BCUT2D eigenvalue weighted by Crippen LogP contribution is 2.41. The van der Waals surface area contributed by atoms with Crippen LogP contribution in [0.4, 0.5) is 4.79 Å². The number of aryl methyl sites for hydroxylation is 2. The van der Waals surface area contributed by atoms with E-state index >= 15 is 0 Å². The minimum absolute atomic E-state index is 0.0114. The maximum absolute atomic E-state index is 13.5. The van der Waals surface area contributed by atoms with Gasteiger partial charge in [0.25, 0.3) is 5.56 Å². The monoisotopic (exact) mass is 449 g/mol. The average Bonchev–Trinajstić information content (AvgIpc) is 3.33. The molecule has 0 saturated carbocycles. The molecule has 0 aliphatic carbocycles. The number of likely N-dealkylation sites (tertiary alicyclic amines) is 1. The molecule has 7 heteroatoms. The van der Waals surface area contributed by atoms with E-state index in [0.717, 1.165) is 56.0 Å². The largest absolute Gasteiger partial charge is 0.336 e. The van der Waals surface area contributed by atoms with Crippen LogP contribution in [0.1, 0.15) is 60.5 Å². The van der Waals surface area contributed by atoms with Crippen molar-refractivity contribution >= 4 is 6.03 Å². The fraction of sp³-hybridized carbons (Fsp3) is 0.577. The molecule has 0 unspecified atom stereocenters. The summed E-state index contributed by atoms with van der Waals surface area (Å²) in [6, 6.07) is 6.77. The van der Waals surface area contributed by atoms with Crippen LogP contribution in [-0.2, 0) is 31.5 Å². The summed E-state index contributed by atoms with van der Waals surface area (Å²) in [6.45, 7) is 12.7. The molecule has 2 aromatic rings. The number of hydrogen-bond donors (Lipinski definition) is 1. The Hall–Kier alpha value is -2.67. The Labute approximate surface area is 195 Å². The molecule has 176 valence electrons. The van der Waals surface area contributed by atoms with Crippen molar-refractivity contribution in [1.82, 2.24) is 24.7 Å². The summed E-state index contributed by atoms with van der Waals surface area (Å²) in [4.78, 5) is 35.4. The van der Waals surface area contributed by atoms with Crippen LogP contribution < -0.4 is 10.9 Å². The van der Waals surface area contributed by atoms with Gasteiger partial charge in [-0.3, -0.25) is 14.3 Å². The molecule has 7 nitrogen and oxygen atoms in total. The van der Waals surface area contributed by atoms with Crippen LogP contribution in [0.3, 0.4) is 0 Å². The molecule has 1 aromatic carbocycles. The molecule has 2 amide bonds. The second kappa shape index (κ2) is 8.28. The molecule has 1 aromatic heterocycles. The highest BCUT2D eigenvalue weighted by atomic mass is 16.2. The van der Waals surface area contributed by atoms with Crippen LogP contribution in [0.15, 0.2) is 23.0 Å². The van der Waals surface area contributed by atoms with Crippen molar-refractivity contribution in [3.63, 3.8) is 0 Å². The number of carbonyl (C=O) groups excluding carboxylic acids is 1. The molecule has 4 heterocycles. The van der Waals surface area contributed by atoms with Gasteiger partial charge < -0.3 is 10.2 Å². The van der Waals surface area contributed by atoms with Gasteiger partial charge in [0.05, 0.1) is 11.3 Å². The van der Waals surface area contributed by atoms with Crippen LogP contribution in [0.25, 0.3) is 0 Å². The number of hydrogen-bond acceptors (Lipinski definition) is 4. The minimum Gasteiger partial charge on any atom is -0.336 e. The average molecular weight is 450 g/mol. The number of benzene rings is 1. The Balaban J connectivity index is 1.37. The Morgan fingerprint density at radius 3 is 2.58 bits per heavy atom. The predicted octanol–water partition coefficient (Wildman–Crippen LogP) is 2.88. The number of carbonyl (C=O) groups is 1. The zero-order valence-electron chi connectivity index (χ0n) is 20.3. The third-order valence-corrected chi connectivity index (χ3v) is 7.42. The number of fused-ring (bicyclic) bond motifs is 3. The Morgan fingerprint density at radius 2 is 1.85 bits per heavy atom. The highest BCUT2D eigenvalue weighted by Gasteiger charge is 2.48. The molecule has 5 rings (SSSR count). The highest BCUT2D eigenvalue weighted by molar-refractivity contribution is 5.75. The summed E-state index contributed by atoms with van der Waals surface area (Å²) in [5, 5.41) is 3.00. The molecule has 3 aliphatic heterocycles. The molecule has 1 saturated heterocycles. The van der Waals surface area contributed by atoms with E-state index in [1.807, 2.05) is 23.3 Å². The molecule has 1 fully saturated rings. The lowest BCUT2D eigenvalue weighted by atomic mass is 9.85. The van der Waals surface area contributed by atoms with Gasteiger partial charge in [-0.2, -0.15) is 0 Å². The first kappa shape index (κ1) is 22.1. The van der Waals surface area contributed by atoms with Crippen molar-refractivity contribution in [2.24, 2.45) is 0 Å². The van der Waals surface area contributed by atoms with Crippen molar-refractivity contribution in [3.05, 3.63) is 62.3 Å². The van der Waals surface area contributed by atoms with E-state index < -0.39 is 0 Å². The first-order chi connectivity index (χ1) is 15.7. The number of aromatic nitrogens is 2. The SMILES string of the molecule is Cc1cc(C)cc(CN2CCc3nc4n(c(=O)c3C2)CC[C@]42CCN(C(=O)NC(C)C)C2)c1. The van der Waals surface area contributed by atoms with Crippen molar-refractivity contribution in [2.45, 2.75) is 78.0 Å². The molecule has 3 aliphatic rings. The molecule has 1 atom stereocenters. The minimum atomic E-state index is -0.182. The van der Waals surface area contributed by atoms with Gasteiger partial charge in [0.2, 0.25) is 0 Å². The zero-order valence-corrected chi connectivity index (χ0v) is 20.3. The van der Waals surface area contributed by atoms with Gasteiger partial charge in [-0.05, 0) is 46.1 Å². The van der Waals surface area contributed by atoms with Gasteiger partial charge in [-0.1, -0.05) is 29.3 Å². The quantitative estimate of drug-likeness (QED) is 0.782. The van der Waals surface area contributed by atoms with E-state index in [2.05, 4.69) is 42.3 Å². The topological polar surface area (TPSA) is 70.5 Å². The first-order valence-electron chi connectivity index (χ1n) is 12.2. The first-order valence-corrected chi connectivity index (χ1v) is 12.2. The van der Waals surface area contributed by atoms with Crippen molar-refractivity contribution in [3.8, 4) is 0 Å². The Morgan fingerprint density at radius 1 is 1.12 bits per heavy atom. The maximum Gasteiger partial charge on any atom is 0.317 e. The summed E-state index contributed by atoms with van der Waals surface area (Å²) in [5.74, 6) is 0.911. The van der Waals surface area contributed by atoms with E-state index in [9.17, 15) is 9.59 Å². The lowest BCUT2D eigenvalue weighted by molar-refractivity contribution is 0.202. The van der Waals surface area contributed by atoms with Crippen LogP contribution >= 0.6 is 0 Å². The van der Waals surface area contributed by atoms with Crippen LogP contribution in [-0.4, -0.2) is 51.1 Å². The molecule has 0 bridgehead atoms. The number of amides is 2. The van der Waals surface area contributed by atoms with Crippen molar-refractivity contribution in [1.29, 1.82) is 0 Å². The van der Waals surface area contributed by atoms with Gasteiger partial charge in [0.1, 0.15) is 5.82 Å².